The second kappa shape index (κ2) is 10.3. The molecule has 0 amide bonds. The molecule has 8 nitrogen and oxygen atoms in total. The van der Waals surface area contributed by atoms with Crippen LogP contribution in [0, 0.1) is 23.4 Å². The number of rotatable bonds is 10. The summed E-state index contributed by atoms with van der Waals surface area (Å²) in [6, 6.07) is 1.57. The molecular formula is C19H26F3N5O3S. The van der Waals surface area contributed by atoms with Crippen molar-refractivity contribution in [2.75, 3.05) is 11.9 Å². The molecule has 0 fully saturated rings. The van der Waals surface area contributed by atoms with Crippen molar-refractivity contribution < 1.29 is 26.7 Å². The Kier molecular flexibility index (Phi) is 8.32. The number of halogens is 3. The van der Waals surface area contributed by atoms with Crippen molar-refractivity contribution in [2.45, 2.75) is 51.3 Å². The van der Waals surface area contributed by atoms with Gasteiger partial charge in [-0.1, -0.05) is 26.8 Å². The first-order valence-corrected chi connectivity index (χ1v) is 11.4. The van der Waals surface area contributed by atoms with Crippen molar-refractivity contribution in [3.8, 4) is 0 Å². The Hall–Kier alpha value is -2.31. The molecule has 0 radical (unpaired) electrons. The Morgan fingerprint density at radius 2 is 1.71 bits per heavy atom. The molecule has 0 aliphatic heterocycles. The highest BCUT2D eigenvalue weighted by molar-refractivity contribution is 7.88. The van der Waals surface area contributed by atoms with Crippen molar-refractivity contribution in [3.63, 3.8) is 0 Å². The predicted molar refractivity (Wildman–Crippen MR) is 109 cm³/mol. The number of aliphatic hydroxyl groups excluding tert-OH is 1. The number of nitrogens with zero attached hydrogens (tertiary/aromatic N) is 3. The zero-order valence-electron chi connectivity index (χ0n) is 17.4. The van der Waals surface area contributed by atoms with E-state index in [1.54, 1.807) is 6.92 Å². The Balaban J connectivity index is 2.36. The second-order valence-electron chi connectivity index (χ2n) is 7.82. The molecule has 2 rings (SSSR count). The molecule has 1 aromatic carbocycles. The Labute approximate surface area is 179 Å². The molecule has 1 heterocycles. The maximum atomic E-state index is 14.1. The molecule has 4 N–H and O–H groups in total. The number of benzene rings is 1. The van der Waals surface area contributed by atoms with Gasteiger partial charge in [-0.3, -0.25) is 0 Å². The number of nitrogens with one attached hydrogen (secondary N) is 1. The molecule has 12 heteroatoms. The van der Waals surface area contributed by atoms with Crippen LogP contribution in [0.4, 0.5) is 19.1 Å². The molecule has 0 bridgehead atoms. The van der Waals surface area contributed by atoms with Crippen LogP contribution in [0.25, 0.3) is 0 Å². The fraction of sp³-hybridized carbons (Fsp3) is 0.526. The van der Waals surface area contributed by atoms with E-state index in [1.807, 2.05) is 13.8 Å². The van der Waals surface area contributed by atoms with Gasteiger partial charge in [0, 0.05) is 6.42 Å². The van der Waals surface area contributed by atoms with Crippen molar-refractivity contribution in [1.29, 1.82) is 0 Å². The molecule has 0 aliphatic carbocycles. The van der Waals surface area contributed by atoms with Crippen LogP contribution in [-0.4, -0.2) is 41.1 Å². The summed E-state index contributed by atoms with van der Waals surface area (Å²) in [5.41, 5.74) is -0.0742. The van der Waals surface area contributed by atoms with E-state index in [-0.39, 0.29) is 42.1 Å². The third-order valence-corrected chi connectivity index (χ3v) is 5.11. The highest BCUT2D eigenvalue weighted by Crippen LogP contribution is 2.25. The SMILES string of the molecule is CC(C)C[C@H](CO)Nc1nc(C[C@H](C)c2ccc(F)c(F)c2F)nc(CS(N)(=O)=O)n1. The summed E-state index contributed by atoms with van der Waals surface area (Å²) >= 11 is 0. The summed E-state index contributed by atoms with van der Waals surface area (Å²) in [5.74, 6) is -5.22. The lowest BCUT2D eigenvalue weighted by Crippen LogP contribution is -2.28. The van der Waals surface area contributed by atoms with Gasteiger partial charge in [-0.2, -0.15) is 9.97 Å². The molecule has 1 aromatic heterocycles. The molecule has 31 heavy (non-hydrogen) atoms. The number of aliphatic hydroxyl groups is 1. The van der Waals surface area contributed by atoms with Crippen molar-refractivity contribution in [2.24, 2.45) is 11.1 Å². The lowest BCUT2D eigenvalue weighted by atomic mass is 9.96. The molecule has 2 atom stereocenters. The molecule has 172 valence electrons. The van der Waals surface area contributed by atoms with Crippen LogP contribution in [-0.2, 0) is 22.2 Å². The van der Waals surface area contributed by atoms with Crippen molar-refractivity contribution in [3.05, 3.63) is 46.8 Å². The van der Waals surface area contributed by atoms with Crippen LogP contribution < -0.4 is 10.5 Å². The number of hydrogen-bond donors (Lipinski definition) is 3. The van der Waals surface area contributed by atoms with Gasteiger partial charge in [0.2, 0.25) is 16.0 Å². The zero-order chi connectivity index (χ0) is 23.3. The monoisotopic (exact) mass is 461 g/mol. The normalized spacial score (nSPS) is 14.0. The van der Waals surface area contributed by atoms with Gasteiger partial charge in [0.15, 0.2) is 23.3 Å². The average molecular weight is 462 g/mol. The van der Waals surface area contributed by atoms with E-state index in [0.29, 0.717) is 6.42 Å². The van der Waals surface area contributed by atoms with Gasteiger partial charge in [-0.15, -0.1) is 0 Å². The minimum atomic E-state index is -3.94. The Bertz CT molecular complexity index is 1020. The van der Waals surface area contributed by atoms with Crippen molar-refractivity contribution in [1.82, 2.24) is 15.0 Å². The van der Waals surface area contributed by atoms with Gasteiger partial charge in [0.25, 0.3) is 0 Å². The summed E-state index contributed by atoms with van der Waals surface area (Å²) in [6.07, 6.45) is 0.587. The van der Waals surface area contributed by atoms with Crippen LogP contribution in [0.3, 0.4) is 0 Å². The maximum Gasteiger partial charge on any atom is 0.226 e. The third kappa shape index (κ3) is 7.40. The molecule has 0 saturated carbocycles. The topological polar surface area (TPSA) is 131 Å². The van der Waals surface area contributed by atoms with E-state index >= 15 is 0 Å². The van der Waals surface area contributed by atoms with Crippen molar-refractivity contribution >= 4 is 16.0 Å². The molecule has 0 aliphatic rings. The van der Waals surface area contributed by atoms with E-state index in [1.165, 1.54) is 0 Å². The number of hydrogen-bond acceptors (Lipinski definition) is 7. The minimum absolute atomic E-state index is 0.00914. The standard InChI is InChI=1S/C19H26F3N5O3S/c1-10(2)6-12(8-28)24-19-26-15(25-16(27-19)9-31(23,29)30)7-11(3)13-4-5-14(20)18(22)17(13)21/h4-5,10-12,28H,6-9H2,1-3H3,(H2,23,29,30)(H,24,25,26,27)/t11-,12+/m0/s1. The number of anilines is 1. The van der Waals surface area contributed by atoms with E-state index in [2.05, 4.69) is 20.3 Å². The summed E-state index contributed by atoms with van der Waals surface area (Å²) in [7, 11) is -3.94. The number of sulfonamides is 1. The van der Waals surface area contributed by atoms with Gasteiger partial charge in [0.05, 0.1) is 12.6 Å². The fourth-order valence-electron chi connectivity index (χ4n) is 3.10. The third-order valence-electron chi connectivity index (χ3n) is 4.45. The van der Waals surface area contributed by atoms with Crippen LogP contribution in [0.1, 0.15) is 50.3 Å². The van der Waals surface area contributed by atoms with Gasteiger partial charge >= 0.3 is 0 Å². The first-order valence-electron chi connectivity index (χ1n) is 9.64. The van der Waals surface area contributed by atoms with E-state index in [4.69, 9.17) is 5.14 Å². The molecule has 2 aromatic rings. The molecule has 0 saturated heterocycles. The number of primary sulfonamides is 1. The summed E-state index contributed by atoms with van der Waals surface area (Å²) in [6.45, 7) is 5.29. The first-order chi connectivity index (χ1) is 14.4. The average Bonchev–Trinajstić information content (AvgIpc) is 2.63. The minimum Gasteiger partial charge on any atom is -0.394 e. The lowest BCUT2D eigenvalue weighted by Gasteiger charge is -2.19. The first kappa shape index (κ1) is 25.0. The lowest BCUT2D eigenvalue weighted by molar-refractivity contribution is 0.259. The Morgan fingerprint density at radius 1 is 1.06 bits per heavy atom. The Morgan fingerprint density at radius 3 is 2.29 bits per heavy atom. The van der Waals surface area contributed by atoms with Crippen LogP contribution >= 0.6 is 0 Å². The van der Waals surface area contributed by atoms with Crippen LogP contribution in [0.2, 0.25) is 0 Å². The second-order valence-corrected chi connectivity index (χ2v) is 9.44. The fourth-order valence-corrected chi connectivity index (χ4v) is 3.59. The smallest absolute Gasteiger partial charge is 0.226 e. The van der Waals surface area contributed by atoms with E-state index in [9.17, 15) is 26.7 Å². The van der Waals surface area contributed by atoms with E-state index in [0.717, 1.165) is 12.1 Å². The quantitative estimate of drug-likeness (QED) is 0.463. The maximum absolute atomic E-state index is 14.1. The van der Waals surface area contributed by atoms with Gasteiger partial charge in [-0.05, 0) is 29.9 Å². The summed E-state index contributed by atoms with van der Waals surface area (Å²) in [5, 5.41) is 17.6. The largest absolute Gasteiger partial charge is 0.394 e. The van der Waals surface area contributed by atoms with Crippen LogP contribution in [0.15, 0.2) is 12.1 Å². The summed E-state index contributed by atoms with van der Waals surface area (Å²) < 4.78 is 63.9. The predicted octanol–water partition coefficient (Wildman–Crippen LogP) is 2.24. The van der Waals surface area contributed by atoms with Gasteiger partial charge in [0.1, 0.15) is 11.6 Å². The van der Waals surface area contributed by atoms with Crippen LogP contribution in [0.5, 0.6) is 0 Å². The highest BCUT2D eigenvalue weighted by atomic mass is 32.2. The molecular weight excluding hydrogens is 435 g/mol. The number of nitrogens with two attached hydrogens (primary N) is 1. The van der Waals surface area contributed by atoms with Gasteiger partial charge in [-0.25, -0.2) is 31.7 Å². The molecule has 0 spiro atoms. The zero-order valence-corrected chi connectivity index (χ0v) is 18.3. The highest BCUT2D eigenvalue weighted by Gasteiger charge is 2.21. The molecule has 0 unspecified atom stereocenters. The summed E-state index contributed by atoms with van der Waals surface area (Å²) in [4.78, 5) is 12.3. The number of aromatic nitrogens is 3. The van der Waals surface area contributed by atoms with E-state index < -0.39 is 45.2 Å². The van der Waals surface area contributed by atoms with Gasteiger partial charge < -0.3 is 10.4 Å².